The molecule has 3 heterocycles. The second-order valence-electron chi connectivity index (χ2n) is 3.86. The van der Waals surface area contributed by atoms with E-state index in [0.717, 1.165) is 22.0 Å². The van der Waals surface area contributed by atoms with Crippen LogP contribution in [0.15, 0.2) is 43.0 Å². The highest BCUT2D eigenvalue weighted by Gasteiger charge is 2.09. The number of aromatic nitrogens is 3. The lowest BCUT2D eigenvalue weighted by molar-refractivity contribution is 0.0690. The van der Waals surface area contributed by atoms with Crippen molar-refractivity contribution in [3.05, 3.63) is 48.7 Å². The van der Waals surface area contributed by atoms with Crippen molar-refractivity contribution in [2.24, 2.45) is 0 Å². The average molecular weight is 239 g/mol. The highest BCUT2D eigenvalue weighted by Crippen LogP contribution is 2.26. The lowest BCUT2D eigenvalue weighted by atomic mass is 10.0. The van der Waals surface area contributed by atoms with E-state index in [4.69, 9.17) is 5.11 Å². The summed E-state index contributed by atoms with van der Waals surface area (Å²) in [6.45, 7) is 0. The summed E-state index contributed by atoms with van der Waals surface area (Å²) in [6.07, 6.45) is 6.77. The maximum atomic E-state index is 10.9. The number of pyridine rings is 2. The molecule has 0 unspecified atom stereocenters. The zero-order chi connectivity index (χ0) is 12.5. The Bertz CT molecular complexity index is 734. The average Bonchev–Trinajstić information content (AvgIpc) is 2.87. The van der Waals surface area contributed by atoms with Crippen LogP contribution >= 0.6 is 0 Å². The summed E-state index contributed by atoms with van der Waals surface area (Å²) in [4.78, 5) is 21.9. The van der Waals surface area contributed by atoms with Crippen molar-refractivity contribution in [1.29, 1.82) is 0 Å². The molecule has 0 aliphatic rings. The van der Waals surface area contributed by atoms with Gasteiger partial charge in [-0.2, -0.15) is 0 Å². The smallest absolute Gasteiger partial charge is 0.354 e. The van der Waals surface area contributed by atoms with E-state index in [9.17, 15) is 4.79 Å². The first-order valence-corrected chi connectivity index (χ1v) is 5.36. The molecule has 0 spiro atoms. The molecular weight excluding hydrogens is 230 g/mol. The number of nitrogens with one attached hydrogen (secondary N) is 1. The zero-order valence-corrected chi connectivity index (χ0v) is 9.29. The van der Waals surface area contributed by atoms with Gasteiger partial charge in [0.05, 0.1) is 11.7 Å². The number of fused-ring (bicyclic) bond motifs is 1. The summed E-state index contributed by atoms with van der Waals surface area (Å²) in [5.74, 6) is -1.04. The third-order valence-corrected chi connectivity index (χ3v) is 2.77. The molecule has 0 saturated heterocycles. The van der Waals surface area contributed by atoms with Gasteiger partial charge in [-0.3, -0.25) is 4.98 Å². The molecule has 0 radical (unpaired) electrons. The van der Waals surface area contributed by atoms with E-state index in [1.165, 1.54) is 6.20 Å². The van der Waals surface area contributed by atoms with Crippen LogP contribution in [0.2, 0.25) is 0 Å². The molecule has 2 N–H and O–H groups in total. The molecule has 0 aliphatic carbocycles. The number of H-pyrrole nitrogens is 1. The molecule has 0 aromatic carbocycles. The number of hydrogen-bond acceptors (Lipinski definition) is 3. The summed E-state index contributed by atoms with van der Waals surface area (Å²) >= 11 is 0. The summed E-state index contributed by atoms with van der Waals surface area (Å²) in [5.41, 5.74) is 2.62. The van der Waals surface area contributed by atoms with E-state index in [1.54, 1.807) is 24.5 Å². The second kappa shape index (κ2) is 3.96. The minimum Gasteiger partial charge on any atom is -0.477 e. The van der Waals surface area contributed by atoms with E-state index >= 15 is 0 Å². The first kappa shape index (κ1) is 10.5. The van der Waals surface area contributed by atoms with Crippen LogP contribution in [0.5, 0.6) is 0 Å². The van der Waals surface area contributed by atoms with Crippen LogP contribution in [0.25, 0.3) is 22.0 Å². The number of carboxylic acid groups (broad SMARTS) is 1. The molecule has 0 amide bonds. The van der Waals surface area contributed by atoms with Crippen molar-refractivity contribution < 1.29 is 9.90 Å². The van der Waals surface area contributed by atoms with Gasteiger partial charge in [-0.1, -0.05) is 0 Å². The van der Waals surface area contributed by atoms with Crippen LogP contribution in [0, 0.1) is 0 Å². The minimum absolute atomic E-state index is 0.0278. The number of aromatic amines is 1. The quantitative estimate of drug-likeness (QED) is 0.719. The van der Waals surface area contributed by atoms with Crippen LogP contribution in [-0.2, 0) is 0 Å². The highest BCUT2D eigenvalue weighted by atomic mass is 16.4. The first-order chi connectivity index (χ1) is 8.75. The lowest BCUT2D eigenvalue weighted by Crippen LogP contribution is -1.99. The fourth-order valence-electron chi connectivity index (χ4n) is 1.92. The molecule has 0 fully saturated rings. The van der Waals surface area contributed by atoms with Gasteiger partial charge < -0.3 is 10.1 Å². The Hall–Kier alpha value is -2.69. The predicted octanol–water partition coefficient (Wildman–Crippen LogP) is 2.32. The van der Waals surface area contributed by atoms with Gasteiger partial charge in [-0.15, -0.1) is 0 Å². The standard InChI is InChI=1S/C13H9N3O2/c17-13(18)11-5-8(1-3-15-11)10-6-14-7-12-9(10)2-4-16-12/h1-7,16H,(H,17,18). The molecular formula is C13H9N3O2. The third-order valence-electron chi connectivity index (χ3n) is 2.77. The summed E-state index contributed by atoms with van der Waals surface area (Å²) in [5, 5.41) is 9.95. The van der Waals surface area contributed by atoms with Gasteiger partial charge in [-0.25, -0.2) is 9.78 Å². The largest absolute Gasteiger partial charge is 0.477 e. The SMILES string of the molecule is O=C(O)c1cc(-c2cncc3[nH]ccc23)ccn1. The Morgan fingerprint density at radius 1 is 1.28 bits per heavy atom. The van der Waals surface area contributed by atoms with Crippen molar-refractivity contribution in [2.75, 3.05) is 0 Å². The normalized spacial score (nSPS) is 10.7. The number of aromatic carboxylic acids is 1. The molecule has 0 aliphatic heterocycles. The van der Waals surface area contributed by atoms with Gasteiger partial charge in [0.2, 0.25) is 0 Å². The van der Waals surface area contributed by atoms with Gasteiger partial charge in [0.25, 0.3) is 0 Å². The van der Waals surface area contributed by atoms with Crippen LogP contribution in [-0.4, -0.2) is 26.0 Å². The Kier molecular flexibility index (Phi) is 2.30. The minimum atomic E-state index is -1.04. The van der Waals surface area contributed by atoms with Crippen LogP contribution in [0.1, 0.15) is 10.5 Å². The van der Waals surface area contributed by atoms with E-state index < -0.39 is 5.97 Å². The number of carbonyl (C=O) groups is 1. The summed E-state index contributed by atoms with van der Waals surface area (Å²) < 4.78 is 0. The highest BCUT2D eigenvalue weighted by molar-refractivity contribution is 5.95. The van der Waals surface area contributed by atoms with Crippen molar-refractivity contribution >= 4 is 16.9 Å². The molecule has 3 aromatic rings. The molecule has 0 bridgehead atoms. The molecule has 18 heavy (non-hydrogen) atoms. The fraction of sp³-hybridized carbons (Fsp3) is 0. The Labute approximate surface area is 102 Å². The van der Waals surface area contributed by atoms with Gasteiger partial charge in [0.1, 0.15) is 5.69 Å². The maximum absolute atomic E-state index is 10.9. The molecule has 5 nitrogen and oxygen atoms in total. The van der Waals surface area contributed by atoms with Gasteiger partial charge in [0.15, 0.2) is 0 Å². The fourth-order valence-corrected chi connectivity index (χ4v) is 1.92. The monoisotopic (exact) mass is 239 g/mol. The van der Waals surface area contributed by atoms with Crippen molar-refractivity contribution in [1.82, 2.24) is 15.0 Å². The number of hydrogen-bond donors (Lipinski definition) is 2. The molecule has 5 heteroatoms. The first-order valence-electron chi connectivity index (χ1n) is 5.36. The van der Waals surface area contributed by atoms with Crippen LogP contribution < -0.4 is 0 Å². The molecule has 3 rings (SSSR count). The summed E-state index contributed by atoms with van der Waals surface area (Å²) in [7, 11) is 0. The van der Waals surface area contributed by atoms with Crippen molar-refractivity contribution in [3.63, 3.8) is 0 Å². The maximum Gasteiger partial charge on any atom is 0.354 e. The van der Waals surface area contributed by atoms with Crippen LogP contribution in [0.3, 0.4) is 0 Å². The van der Waals surface area contributed by atoms with Crippen LogP contribution in [0.4, 0.5) is 0 Å². The molecule has 88 valence electrons. The number of nitrogens with zero attached hydrogens (tertiary/aromatic N) is 2. The van der Waals surface area contributed by atoms with E-state index in [-0.39, 0.29) is 5.69 Å². The Balaban J connectivity index is 2.23. The number of carboxylic acids is 1. The zero-order valence-electron chi connectivity index (χ0n) is 9.29. The van der Waals surface area contributed by atoms with E-state index in [0.29, 0.717) is 0 Å². The van der Waals surface area contributed by atoms with Gasteiger partial charge in [-0.05, 0) is 23.8 Å². The van der Waals surface area contributed by atoms with E-state index in [2.05, 4.69) is 15.0 Å². The predicted molar refractivity (Wildman–Crippen MR) is 66.3 cm³/mol. The molecule has 0 saturated carbocycles. The third kappa shape index (κ3) is 1.62. The molecule has 0 atom stereocenters. The second-order valence-corrected chi connectivity index (χ2v) is 3.86. The Morgan fingerprint density at radius 2 is 2.17 bits per heavy atom. The van der Waals surface area contributed by atoms with Crippen molar-refractivity contribution in [2.45, 2.75) is 0 Å². The summed E-state index contributed by atoms with van der Waals surface area (Å²) in [6, 6.07) is 5.26. The van der Waals surface area contributed by atoms with E-state index in [1.807, 2.05) is 12.3 Å². The molecule has 3 aromatic heterocycles. The van der Waals surface area contributed by atoms with Crippen molar-refractivity contribution in [3.8, 4) is 11.1 Å². The Morgan fingerprint density at radius 3 is 3.00 bits per heavy atom. The number of rotatable bonds is 2. The lowest BCUT2D eigenvalue weighted by Gasteiger charge is -2.03. The van der Waals surface area contributed by atoms with Gasteiger partial charge in [0, 0.05) is 29.5 Å². The van der Waals surface area contributed by atoms with Gasteiger partial charge >= 0.3 is 5.97 Å². The topological polar surface area (TPSA) is 78.9 Å².